The van der Waals surface area contributed by atoms with Crippen LogP contribution in [0.15, 0.2) is 24.3 Å². The van der Waals surface area contributed by atoms with Crippen molar-refractivity contribution in [3.05, 3.63) is 34.4 Å². The summed E-state index contributed by atoms with van der Waals surface area (Å²) in [6.07, 6.45) is 1.59. The number of anilines is 1. The normalized spacial score (nSPS) is 19.7. The van der Waals surface area contributed by atoms with Gasteiger partial charge in [-0.15, -0.1) is 0 Å². The number of ether oxygens (including phenoxy) is 1. The van der Waals surface area contributed by atoms with E-state index in [1.165, 1.54) is 6.07 Å². The standard InChI is InChI=1S/C16H21N3O4/c20-16(13-5-11-23-12-6-13)18-9-7-17(8-10-18)14-3-1-2-4-15(14)19(21)22/h1-4,13H,5-12H2. The SMILES string of the molecule is O=C(C1CCOCC1)N1CCN(c2ccccc2[N+](=O)[O-])CC1. The van der Waals surface area contributed by atoms with E-state index in [0.29, 0.717) is 45.1 Å². The first kappa shape index (κ1) is 15.7. The number of benzene rings is 1. The van der Waals surface area contributed by atoms with Crippen LogP contribution in [0.5, 0.6) is 0 Å². The van der Waals surface area contributed by atoms with Gasteiger partial charge in [0.25, 0.3) is 5.69 Å². The van der Waals surface area contributed by atoms with Gasteiger partial charge >= 0.3 is 0 Å². The molecule has 2 aliphatic rings. The number of rotatable bonds is 3. The first-order valence-corrected chi connectivity index (χ1v) is 8.01. The van der Waals surface area contributed by atoms with Crippen molar-refractivity contribution in [1.29, 1.82) is 0 Å². The lowest BCUT2D eigenvalue weighted by Gasteiger charge is -2.37. The van der Waals surface area contributed by atoms with Gasteiger partial charge in [0.1, 0.15) is 5.69 Å². The maximum atomic E-state index is 12.5. The quantitative estimate of drug-likeness (QED) is 0.626. The molecular formula is C16H21N3O4. The van der Waals surface area contributed by atoms with Crippen molar-refractivity contribution in [3.8, 4) is 0 Å². The van der Waals surface area contributed by atoms with Gasteiger partial charge in [-0.2, -0.15) is 0 Å². The van der Waals surface area contributed by atoms with E-state index in [1.807, 2.05) is 15.9 Å². The number of piperazine rings is 1. The fourth-order valence-electron chi connectivity index (χ4n) is 3.26. The summed E-state index contributed by atoms with van der Waals surface area (Å²) in [5, 5.41) is 11.1. The Hall–Kier alpha value is -2.15. The molecule has 2 aliphatic heterocycles. The molecule has 0 spiro atoms. The lowest BCUT2D eigenvalue weighted by atomic mass is 9.98. The Bertz CT molecular complexity index is 578. The fourth-order valence-corrected chi connectivity index (χ4v) is 3.26. The largest absolute Gasteiger partial charge is 0.381 e. The van der Waals surface area contributed by atoms with Crippen LogP contribution < -0.4 is 4.90 Å². The molecule has 0 atom stereocenters. The van der Waals surface area contributed by atoms with Gasteiger partial charge in [-0.05, 0) is 18.9 Å². The van der Waals surface area contributed by atoms with Crippen molar-refractivity contribution in [2.75, 3.05) is 44.3 Å². The van der Waals surface area contributed by atoms with Crippen molar-refractivity contribution >= 4 is 17.3 Å². The summed E-state index contributed by atoms with van der Waals surface area (Å²) in [5.74, 6) is 0.275. The zero-order chi connectivity index (χ0) is 16.2. The second-order valence-electron chi connectivity index (χ2n) is 5.94. The van der Waals surface area contributed by atoms with Crippen molar-refractivity contribution in [1.82, 2.24) is 4.90 Å². The molecule has 1 amide bonds. The summed E-state index contributed by atoms with van der Waals surface area (Å²) in [6, 6.07) is 6.78. The molecule has 7 nitrogen and oxygen atoms in total. The molecule has 0 unspecified atom stereocenters. The van der Waals surface area contributed by atoms with E-state index in [2.05, 4.69) is 0 Å². The highest BCUT2D eigenvalue weighted by molar-refractivity contribution is 5.79. The van der Waals surface area contributed by atoms with Crippen molar-refractivity contribution < 1.29 is 14.5 Å². The molecule has 0 radical (unpaired) electrons. The number of hydrogen-bond acceptors (Lipinski definition) is 5. The summed E-state index contributed by atoms with van der Waals surface area (Å²) in [7, 11) is 0. The van der Waals surface area contributed by atoms with E-state index in [9.17, 15) is 14.9 Å². The Morgan fingerprint density at radius 1 is 1.13 bits per heavy atom. The lowest BCUT2D eigenvalue weighted by Crippen LogP contribution is -2.51. The Morgan fingerprint density at radius 2 is 1.78 bits per heavy atom. The number of nitrogens with zero attached hydrogens (tertiary/aromatic N) is 3. The molecule has 0 aromatic heterocycles. The van der Waals surface area contributed by atoms with Gasteiger partial charge in [0.15, 0.2) is 0 Å². The highest BCUT2D eigenvalue weighted by Gasteiger charge is 2.30. The zero-order valence-electron chi connectivity index (χ0n) is 13.0. The van der Waals surface area contributed by atoms with Crippen LogP contribution in [0.4, 0.5) is 11.4 Å². The molecule has 2 saturated heterocycles. The maximum Gasteiger partial charge on any atom is 0.292 e. The van der Waals surface area contributed by atoms with Gasteiger partial charge in [0.05, 0.1) is 4.92 Å². The minimum atomic E-state index is -0.352. The predicted octanol–water partition coefficient (Wildman–Crippen LogP) is 1.67. The van der Waals surface area contributed by atoms with Crippen molar-refractivity contribution in [3.63, 3.8) is 0 Å². The third-order valence-electron chi connectivity index (χ3n) is 4.58. The van der Waals surface area contributed by atoms with Crippen LogP contribution >= 0.6 is 0 Å². The number of nitro groups is 1. The van der Waals surface area contributed by atoms with Gasteiger partial charge in [0.2, 0.25) is 5.91 Å². The highest BCUT2D eigenvalue weighted by Crippen LogP contribution is 2.28. The molecule has 0 N–H and O–H groups in total. The summed E-state index contributed by atoms with van der Waals surface area (Å²) >= 11 is 0. The van der Waals surface area contributed by atoms with E-state index in [4.69, 9.17) is 4.74 Å². The second-order valence-corrected chi connectivity index (χ2v) is 5.94. The van der Waals surface area contributed by atoms with Gasteiger partial charge < -0.3 is 14.5 Å². The van der Waals surface area contributed by atoms with Crippen LogP contribution in [0.3, 0.4) is 0 Å². The third kappa shape index (κ3) is 3.44. The predicted molar refractivity (Wildman–Crippen MR) is 85.4 cm³/mol. The number of carbonyl (C=O) groups excluding carboxylic acids is 1. The summed E-state index contributed by atoms with van der Waals surface area (Å²) in [6.45, 7) is 3.79. The molecule has 2 fully saturated rings. The average Bonchev–Trinajstić information content (AvgIpc) is 2.62. The molecule has 23 heavy (non-hydrogen) atoms. The van der Waals surface area contributed by atoms with Crippen molar-refractivity contribution in [2.45, 2.75) is 12.8 Å². The number of hydrogen-bond donors (Lipinski definition) is 0. The minimum absolute atomic E-state index is 0.0707. The van der Waals surface area contributed by atoms with Crippen LogP contribution in [0.1, 0.15) is 12.8 Å². The summed E-state index contributed by atoms with van der Waals surface area (Å²) in [4.78, 5) is 27.2. The topological polar surface area (TPSA) is 75.9 Å². The second kappa shape index (κ2) is 6.95. The smallest absolute Gasteiger partial charge is 0.292 e. The highest BCUT2D eigenvalue weighted by atomic mass is 16.6. The van der Waals surface area contributed by atoms with E-state index in [0.717, 1.165) is 12.8 Å². The van der Waals surface area contributed by atoms with E-state index in [-0.39, 0.29) is 22.4 Å². The van der Waals surface area contributed by atoms with E-state index in [1.54, 1.807) is 12.1 Å². The molecular weight excluding hydrogens is 298 g/mol. The molecule has 1 aromatic carbocycles. The van der Waals surface area contributed by atoms with Crippen LogP contribution in [-0.4, -0.2) is 55.1 Å². The average molecular weight is 319 g/mol. The molecule has 2 heterocycles. The lowest BCUT2D eigenvalue weighted by molar-refractivity contribution is -0.384. The molecule has 7 heteroatoms. The van der Waals surface area contributed by atoms with Crippen LogP contribution in [0, 0.1) is 16.0 Å². The van der Waals surface area contributed by atoms with E-state index < -0.39 is 0 Å². The van der Waals surface area contributed by atoms with E-state index >= 15 is 0 Å². The first-order chi connectivity index (χ1) is 11.2. The summed E-state index contributed by atoms with van der Waals surface area (Å²) in [5.41, 5.74) is 0.757. The summed E-state index contributed by atoms with van der Waals surface area (Å²) < 4.78 is 5.30. The zero-order valence-corrected chi connectivity index (χ0v) is 13.0. The molecule has 1 aromatic rings. The molecule has 3 rings (SSSR count). The fraction of sp³-hybridized carbons (Fsp3) is 0.562. The monoisotopic (exact) mass is 319 g/mol. The van der Waals surface area contributed by atoms with Crippen LogP contribution in [0.25, 0.3) is 0 Å². The molecule has 0 bridgehead atoms. The first-order valence-electron chi connectivity index (χ1n) is 8.01. The van der Waals surface area contributed by atoms with Gasteiger partial charge in [-0.1, -0.05) is 12.1 Å². The number of carbonyl (C=O) groups is 1. The Labute approximate surface area is 135 Å². The Morgan fingerprint density at radius 3 is 2.43 bits per heavy atom. The van der Waals surface area contributed by atoms with Crippen molar-refractivity contribution in [2.24, 2.45) is 5.92 Å². The van der Waals surface area contributed by atoms with Gasteiger partial charge in [0, 0.05) is 51.4 Å². The Balaban J connectivity index is 1.62. The van der Waals surface area contributed by atoms with Gasteiger partial charge in [-0.25, -0.2) is 0 Å². The number of para-hydroxylation sites is 2. The van der Waals surface area contributed by atoms with Crippen LogP contribution in [-0.2, 0) is 9.53 Å². The van der Waals surface area contributed by atoms with Gasteiger partial charge in [-0.3, -0.25) is 14.9 Å². The Kier molecular flexibility index (Phi) is 4.76. The van der Waals surface area contributed by atoms with Crippen LogP contribution in [0.2, 0.25) is 0 Å². The minimum Gasteiger partial charge on any atom is -0.381 e. The number of nitro benzene ring substituents is 1. The number of amides is 1. The maximum absolute atomic E-state index is 12.5. The third-order valence-corrected chi connectivity index (χ3v) is 4.58. The molecule has 0 saturated carbocycles. The molecule has 124 valence electrons. The molecule has 0 aliphatic carbocycles.